The Morgan fingerprint density at radius 1 is 0.811 bits per heavy atom. The second-order valence-electron chi connectivity index (χ2n) is 14.7. The van der Waals surface area contributed by atoms with Crippen molar-refractivity contribution in [3.63, 3.8) is 0 Å². The van der Waals surface area contributed by atoms with Crippen molar-refractivity contribution >= 4 is 35.7 Å². The summed E-state index contributed by atoms with van der Waals surface area (Å²) in [6.45, 7) is 9.53. The molecule has 1 aliphatic heterocycles. The first-order chi connectivity index (χ1) is 25.0. The number of amides is 5. The van der Waals surface area contributed by atoms with Crippen LogP contribution in [-0.4, -0.2) is 107 Å². The van der Waals surface area contributed by atoms with Gasteiger partial charge in [0.1, 0.15) is 30.3 Å². The maximum absolute atomic E-state index is 14.4. The van der Waals surface area contributed by atoms with Crippen molar-refractivity contribution in [3.05, 3.63) is 71.8 Å². The number of hydrogen-bond donors (Lipinski definition) is 3. The number of nitrogens with one attached hydrogen (secondary N) is 2. The summed E-state index contributed by atoms with van der Waals surface area (Å²) < 4.78 is 10.7. The van der Waals surface area contributed by atoms with Gasteiger partial charge in [0.2, 0.25) is 17.7 Å². The van der Waals surface area contributed by atoms with Crippen LogP contribution < -0.4 is 16.4 Å². The fourth-order valence-electron chi connectivity index (χ4n) is 6.15. The third-order valence-electron chi connectivity index (χ3n) is 8.87. The lowest BCUT2D eigenvalue weighted by Crippen LogP contribution is -2.61. The van der Waals surface area contributed by atoms with Crippen molar-refractivity contribution in [2.45, 2.75) is 103 Å². The van der Waals surface area contributed by atoms with Crippen LogP contribution in [0.5, 0.6) is 0 Å². The van der Waals surface area contributed by atoms with Crippen molar-refractivity contribution in [1.29, 1.82) is 0 Å². The number of nitrogens with zero attached hydrogens (tertiary/aromatic N) is 3. The second-order valence-corrected chi connectivity index (χ2v) is 14.7. The first kappa shape index (κ1) is 42.4. The Hall–Kier alpha value is -4.98. The van der Waals surface area contributed by atoms with Crippen LogP contribution in [0.2, 0.25) is 0 Å². The Bertz CT molecular complexity index is 1540. The summed E-state index contributed by atoms with van der Waals surface area (Å²) in [7, 11) is 2.86. The van der Waals surface area contributed by atoms with Gasteiger partial charge >= 0.3 is 12.1 Å². The van der Waals surface area contributed by atoms with Crippen LogP contribution in [0.1, 0.15) is 71.4 Å². The van der Waals surface area contributed by atoms with E-state index >= 15 is 0 Å². The molecule has 0 spiro atoms. The molecule has 1 fully saturated rings. The quantitative estimate of drug-likeness (QED) is 0.183. The molecular formula is C39H56N6O8. The number of likely N-dealkylation sites (N-methyl/N-ethyl adjacent to an activating group) is 2. The van der Waals surface area contributed by atoms with Gasteiger partial charge in [0.15, 0.2) is 6.17 Å². The first-order valence-corrected chi connectivity index (χ1v) is 18.1. The third kappa shape index (κ3) is 13.2. The molecule has 1 saturated heterocycles. The predicted octanol–water partition coefficient (Wildman–Crippen LogP) is 2.98. The molecule has 4 N–H and O–H groups in total. The van der Waals surface area contributed by atoms with Gasteiger partial charge in [-0.05, 0) is 57.1 Å². The minimum Gasteiger partial charge on any atom is -0.461 e. The van der Waals surface area contributed by atoms with Crippen LogP contribution in [0.3, 0.4) is 0 Å². The van der Waals surface area contributed by atoms with Gasteiger partial charge < -0.3 is 35.2 Å². The number of carbonyl (C=O) groups is 6. The molecular weight excluding hydrogens is 680 g/mol. The zero-order valence-electron chi connectivity index (χ0n) is 32.0. The Morgan fingerprint density at radius 3 is 1.92 bits per heavy atom. The van der Waals surface area contributed by atoms with Gasteiger partial charge in [0.05, 0.1) is 6.42 Å². The molecule has 290 valence electrons. The number of hydrogen-bond acceptors (Lipinski definition) is 9. The van der Waals surface area contributed by atoms with Crippen molar-refractivity contribution < 1.29 is 38.2 Å². The molecule has 1 aliphatic rings. The van der Waals surface area contributed by atoms with Crippen LogP contribution in [0.25, 0.3) is 0 Å². The molecule has 0 aromatic heterocycles. The molecule has 14 heteroatoms. The Kier molecular flexibility index (Phi) is 15.8. The monoisotopic (exact) mass is 736 g/mol. The van der Waals surface area contributed by atoms with Gasteiger partial charge in [-0.3, -0.25) is 29.3 Å². The third-order valence-corrected chi connectivity index (χ3v) is 8.87. The molecule has 14 nitrogen and oxygen atoms in total. The molecule has 2 aromatic carbocycles. The van der Waals surface area contributed by atoms with E-state index in [1.165, 1.54) is 19.0 Å². The van der Waals surface area contributed by atoms with Crippen LogP contribution in [-0.2, 0) is 46.5 Å². The van der Waals surface area contributed by atoms with Crippen molar-refractivity contribution in [3.8, 4) is 0 Å². The number of rotatable bonds is 15. The minimum absolute atomic E-state index is 0.0100. The van der Waals surface area contributed by atoms with Crippen LogP contribution in [0.4, 0.5) is 4.79 Å². The fourth-order valence-corrected chi connectivity index (χ4v) is 6.15. The number of alkyl carbamates (subject to hydrolysis) is 1. The highest BCUT2D eigenvalue weighted by Crippen LogP contribution is 2.19. The molecule has 53 heavy (non-hydrogen) atoms. The topological polar surface area (TPSA) is 181 Å². The highest BCUT2D eigenvalue weighted by Gasteiger charge is 2.39. The maximum Gasteiger partial charge on any atom is 0.409 e. The minimum atomic E-state index is -1.53. The number of ether oxygens (including phenoxy) is 2. The van der Waals surface area contributed by atoms with Gasteiger partial charge in [-0.2, -0.15) is 0 Å². The molecule has 2 aromatic rings. The lowest BCUT2D eigenvalue weighted by molar-refractivity contribution is -0.151. The average Bonchev–Trinajstić information content (AvgIpc) is 3.11. The van der Waals surface area contributed by atoms with Crippen LogP contribution >= 0.6 is 0 Å². The maximum atomic E-state index is 14.4. The predicted molar refractivity (Wildman–Crippen MR) is 199 cm³/mol. The van der Waals surface area contributed by atoms with E-state index in [9.17, 15) is 28.8 Å². The first-order valence-electron chi connectivity index (χ1n) is 18.1. The SMILES string of the molecule is CC(C)C(C(=O)NC(CC(=O)OCc1ccccc1)C(=O)N1CCCCC1)N(C)C(=O)C(Cc1ccccc1)N(C)C(=O)[C@H](N)NC(=O)OC(C)(C)C. The molecule has 0 radical (unpaired) electrons. The Morgan fingerprint density at radius 2 is 1.38 bits per heavy atom. The van der Waals surface area contributed by atoms with Crippen molar-refractivity contribution in [2.24, 2.45) is 11.7 Å². The molecule has 0 bridgehead atoms. The number of piperidine rings is 1. The molecule has 4 atom stereocenters. The number of nitrogens with two attached hydrogens (primary N) is 1. The smallest absolute Gasteiger partial charge is 0.409 e. The molecule has 3 rings (SSSR count). The van der Waals surface area contributed by atoms with E-state index in [4.69, 9.17) is 15.2 Å². The standard InChI is InChI=1S/C39H56N6O8/c1-26(2)32(34(47)41-29(35(48)45-21-15-10-16-22-45)24-31(46)52-25-28-19-13-9-14-20-28)44(7)36(49)30(23-27-17-11-8-12-18-27)43(6)37(50)33(40)42-38(51)53-39(3,4)5/h8-9,11-14,17-20,26,29-30,32-33H,10,15-16,21-25,40H2,1-7H3,(H,41,47)(H,42,51)/t29?,30?,32?,33-/m1/s1. The Labute approximate surface area is 312 Å². The summed E-state index contributed by atoms with van der Waals surface area (Å²) in [5.41, 5.74) is 6.75. The van der Waals surface area contributed by atoms with Gasteiger partial charge in [0, 0.05) is 33.6 Å². The molecule has 0 saturated carbocycles. The van der Waals surface area contributed by atoms with E-state index in [1.54, 1.807) is 63.8 Å². The Balaban J connectivity index is 1.85. The van der Waals surface area contributed by atoms with Gasteiger partial charge in [-0.15, -0.1) is 0 Å². The highest BCUT2D eigenvalue weighted by atomic mass is 16.6. The average molecular weight is 737 g/mol. The zero-order chi connectivity index (χ0) is 39.3. The van der Waals surface area contributed by atoms with E-state index in [1.807, 2.05) is 36.4 Å². The van der Waals surface area contributed by atoms with Crippen LogP contribution in [0.15, 0.2) is 60.7 Å². The summed E-state index contributed by atoms with van der Waals surface area (Å²) in [6, 6.07) is 14.7. The number of carbonyl (C=O) groups excluding carboxylic acids is 6. The van der Waals surface area contributed by atoms with Gasteiger partial charge in [-0.25, -0.2) is 4.79 Å². The molecule has 3 unspecified atom stereocenters. The van der Waals surface area contributed by atoms with Crippen LogP contribution in [0, 0.1) is 5.92 Å². The lowest BCUT2D eigenvalue weighted by atomic mass is 9.98. The van der Waals surface area contributed by atoms with E-state index in [-0.39, 0.29) is 13.0 Å². The van der Waals surface area contributed by atoms with Gasteiger partial charge in [0.25, 0.3) is 5.91 Å². The second kappa shape index (κ2) is 19.7. The summed E-state index contributed by atoms with van der Waals surface area (Å²) in [5, 5.41) is 5.09. The molecule has 0 aliphatic carbocycles. The molecule has 1 heterocycles. The summed E-state index contributed by atoms with van der Waals surface area (Å²) in [6.07, 6.45) is -0.160. The van der Waals surface area contributed by atoms with E-state index in [0.717, 1.165) is 35.3 Å². The van der Waals surface area contributed by atoms with Gasteiger partial charge in [-0.1, -0.05) is 74.5 Å². The summed E-state index contributed by atoms with van der Waals surface area (Å²) >= 11 is 0. The van der Waals surface area contributed by atoms with Crippen molar-refractivity contribution in [2.75, 3.05) is 27.2 Å². The van der Waals surface area contributed by atoms with Crippen molar-refractivity contribution in [1.82, 2.24) is 25.3 Å². The highest BCUT2D eigenvalue weighted by molar-refractivity contribution is 5.96. The number of likely N-dealkylation sites (tertiary alicyclic amines) is 1. The fraction of sp³-hybridized carbons (Fsp3) is 0.538. The number of benzene rings is 2. The largest absolute Gasteiger partial charge is 0.461 e. The number of esters is 1. The zero-order valence-corrected chi connectivity index (χ0v) is 32.0. The summed E-state index contributed by atoms with van der Waals surface area (Å²) in [5.74, 6) is -3.49. The van der Waals surface area contributed by atoms with E-state index in [2.05, 4.69) is 10.6 Å². The molecule has 5 amide bonds. The summed E-state index contributed by atoms with van der Waals surface area (Å²) in [4.78, 5) is 85.3. The lowest BCUT2D eigenvalue weighted by Gasteiger charge is -2.37. The van der Waals surface area contributed by atoms with E-state index < -0.39 is 77.9 Å². The normalized spacial score (nSPS) is 15.3. The van der Waals surface area contributed by atoms with E-state index in [0.29, 0.717) is 13.1 Å².